The summed E-state index contributed by atoms with van der Waals surface area (Å²) < 4.78 is 35.9. The third-order valence-corrected chi connectivity index (χ3v) is 3.66. The maximum atomic E-state index is 13.4. The molecule has 0 fully saturated rings. The van der Waals surface area contributed by atoms with Crippen LogP contribution in [-0.4, -0.2) is 36.5 Å². The number of ether oxygens (including phenoxy) is 2. The van der Waals surface area contributed by atoms with Gasteiger partial charge in [0.2, 0.25) is 0 Å². The SMILES string of the molecule is COC(=O)Cc1csc(NC(=O)COC(=O)c2c(F)cccc2F)n1. The van der Waals surface area contributed by atoms with Gasteiger partial charge in [0.25, 0.3) is 5.91 Å². The van der Waals surface area contributed by atoms with E-state index in [2.05, 4.69) is 19.8 Å². The Morgan fingerprint density at radius 1 is 1.24 bits per heavy atom. The number of thiazole rings is 1. The van der Waals surface area contributed by atoms with Crippen molar-refractivity contribution in [2.24, 2.45) is 0 Å². The molecule has 0 atom stereocenters. The van der Waals surface area contributed by atoms with E-state index in [0.717, 1.165) is 29.5 Å². The van der Waals surface area contributed by atoms with Gasteiger partial charge in [0.15, 0.2) is 11.7 Å². The summed E-state index contributed by atoms with van der Waals surface area (Å²) in [7, 11) is 1.24. The van der Waals surface area contributed by atoms with Crippen LogP contribution in [0.4, 0.5) is 13.9 Å². The molecule has 0 saturated heterocycles. The van der Waals surface area contributed by atoms with E-state index in [1.54, 1.807) is 5.38 Å². The van der Waals surface area contributed by atoms with Crippen molar-refractivity contribution in [1.29, 1.82) is 0 Å². The van der Waals surface area contributed by atoms with Crippen LogP contribution in [0, 0.1) is 11.6 Å². The zero-order chi connectivity index (χ0) is 18.4. The van der Waals surface area contributed by atoms with E-state index in [1.807, 2.05) is 0 Å². The molecule has 1 N–H and O–H groups in total. The summed E-state index contributed by atoms with van der Waals surface area (Å²) in [6, 6.07) is 2.90. The molecule has 7 nitrogen and oxygen atoms in total. The lowest BCUT2D eigenvalue weighted by atomic mass is 10.2. The van der Waals surface area contributed by atoms with E-state index in [4.69, 9.17) is 0 Å². The average molecular weight is 370 g/mol. The molecule has 25 heavy (non-hydrogen) atoms. The number of carbonyl (C=O) groups excluding carboxylic acids is 3. The molecule has 0 saturated carbocycles. The van der Waals surface area contributed by atoms with Crippen molar-refractivity contribution in [3.8, 4) is 0 Å². The van der Waals surface area contributed by atoms with Crippen LogP contribution in [0.25, 0.3) is 0 Å². The number of anilines is 1. The van der Waals surface area contributed by atoms with Gasteiger partial charge < -0.3 is 9.47 Å². The fraction of sp³-hybridized carbons (Fsp3) is 0.200. The molecule has 132 valence electrons. The van der Waals surface area contributed by atoms with Crippen LogP contribution < -0.4 is 5.32 Å². The predicted octanol–water partition coefficient (Wildman–Crippen LogP) is 1.93. The van der Waals surface area contributed by atoms with E-state index in [0.29, 0.717) is 5.69 Å². The molecule has 2 rings (SSSR count). The molecular weight excluding hydrogens is 358 g/mol. The van der Waals surface area contributed by atoms with Gasteiger partial charge in [-0.2, -0.15) is 0 Å². The molecule has 0 aliphatic carbocycles. The fourth-order valence-corrected chi connectivity index (χ4v) is 2.44. The zero-order valence-corrected chi connectivity index (χ0v) is 13.7. The number of halogens is 2. The minimum Gasteiger partial charge on any atom is -0.469 e. The number of hydrogen-bond donors (Lipinski definition) is 1. The topological polar surface area (TPSA) is 94.6 Å². The Morgan fingerprint density at radius 3 is 2.56 bits per heavy atom. The van der Waals surface area contributed by atoms with Crippen molar-refractivity contribution >= 4 is 34.3 Å². The van der Waals surface area contributed by atoms with Gasteiger partial charge in [0.1, 0.15) is 17.2 Å². The van der Waals surface area contributed by atoms with Gasteiger partial charge in [-0.1, -0.05) is 6.07 Å². The van der Waals surface area contributed by atoms with Gasteiger partial charge >= 0.3 is 11.9 Å². The normalized spacial score (nSPS) is 10.2. The number of carbonyl (C=O) groups is 3. The van der Waals surface area contributed by atoms with Gasteiger partial charge in [-0.25, -0.2) is 18.6 Å². The summed E-state index contributed by atoms with van der Waals surface area (Å²) >= 11 is 1.05. The Kier molecular flexibility index (Phi) is 6.12. The van der Waals surface area contributed by atoms with Crippen molar-refractivity contribution in [2.45, 2.75) is 6.42 Å². The lowest BCUT2D eigenvalue weighted by Crippen LogP contribution is -2.22. The van der Waals surface area contributed by atoms with Gasteiger partial charge in [-0.15, -0.1) is 11.3 Å². The second kappa shape index (κ2) is 8.29. The van der Waals surface area contributed by atoms with Crippen LogP contribution in [-0.2, 0) is 25.5 Å². The molecule has 10 heteroatoms. The maximum Gasteiger partial charge on any atom is 0.344 e. The van der Waals surface area contributed by atoms with Crippen molar-refractivity contribution in [3.05, 3.63) is 46.5 Å². The minimum absolute atomic E-state index is 0.0512. The number of benzene rings is 1. The second-order valence-electron chi connectivity index (χ2n) is 4.62. The third-order valence-electron chi connectivity index (χ3n) is 2.85. The van der Waals surface area contributed by atoms with Crippen LogP contribution in [0.3, 0.4) is 0 Å². The number of hydrogen-bond acceptors (Lipinski definition) is 7. The molecule has 0 unspecified atom stereocenters. The minimum atomic E-state index is -1.30. The van der Waals surface area contributed by atoms with Gasteiger partial charge in [0.05, 0.1) is 19.2 Å². The largest absolute Gasteiger partial charge is 0.469 e. The molecule has 0 radical (unpaired) electrons. The standard InChI is InChI=1S/C15H12F2N2O5S/c1-23-12(21)5-8-7-25-15(18-8)19-11(20)6-24-14(22)13-9(16)3-2-4-10(13)17/h2-4,7H,5-6H2,1H3,(H,18,19,20). The molecule has 2 aromatic rings. The summed E-state index contributed by atoms with van der Waals surface area (Å²) in [5, 5.41) is 4.07. The summed E-state index contributed by atoms with van der Waals surface area (Å²) in [5.74, 6) is -4.69. The average Bonchev–Trinajstić information content (AvgIpc) is 2.99. The maximum absolute atomic E-state index is 13.4. The first-order valence-electron chi connectivity index (χ1n) is 6.83. The highest BCUT2D eigenvalue weighted by Gasteiger charge is 2.20. The Balaban J connectivity index is 1.88. The van der Waals surface area contributed by atoms with Crippen molar-refractivity contribution in [2.75, 3.05) is 19.0 Å². The molecule has 0 bridgehead atoms. The van der Waals surface area contributed by atoms with Crippen molar-refractivity contribution in [3.63, 3.8) is 0 Å². The predicted molar refractivity (Wildman–Crippen MR) is 83.1 cm³/mol. The van der Waals surface area contributed by atoms with E-state index in [9.17, 15) is 23.2 Å². The van der Waals surface area contributed by atoms with E-state index in [1.165, 1.54) is 7.11 Å². The molecule has 0 aliphatic rings. The van der Waals surface area contributed by atoms with Gasteiger partial charge in [0, 0.05) is 5.38 Å². The summed E-state index contributed by atoms with van der Waals surface area (Å²) in [4.78, 5) is 38.5. The van der Waals surface area contributed by atoms with Gasteiger partial charge in [-0.3, -0.25) is 14.9 Å². The number of nitrogens with one attached hydrogen (secondary N) is 1. The fourth-order valence-electron chi connectivity index (χ4n) is 1.72. The molecule has 1 aromatic heterocycles. The lowest BCUT2D eigenvalue weighted by Gasteiger charge is -2.06. The summed E-state index contributed by atoms with van der Waals surface area (Å²) in [6.07, 6.45) is -0.0512. The quantitative estimate of drug-likeness (QED) is 0.781. The van der Waals surface area contributed by atoms with Crippen LogP contribution >= 0.6 is 11.3 Å². The number of methoxy groups -OCH3 is 1. The van der Waals surface area contributed by atoms with E-state index >= 15 is 0 Å². The van der Waals surface area contributed by atoms with Crippen LogP contribution in [0.15, 0.2) is 23.6 Å². The first kappa shape index (κ1) is 18.5. The van der Waals surface area contributed by atoms with Gasteiger partial charge in [-0.05, 0) is 12.1 Å². The highest BCUT2D eigenvalue weighted by molar-refractivity contribution is 7.13. The van der Waals surface area contributed by atoms with E-state index in [-0.39, 0.29) is 11.6 Å². The smallest absolute Gasteiger partial charge is 0.344 e. The molecular formula is C15H12F2N2O5S. The number of amides is 1. The molecule has 1 aromatic carbocycles. The van der Waals surface area contributed by atoms with Crippen LogP contribution in [0.1, 0.15) is 16.1 Å². The molecule has 1 heterocycles. The molecule has 0 aliphatic heterocycles. The highest BCUT2D eigenvalue weighted by Crippen LogP contribution is 2.16. The monoisotopic (exact) mass is 370 g/mol. The Morgan fingerprint density at radius 2 is 1.92 bits per heavy atom. The number of esters is 2. The number of aromatic nitrogens is 1. The summed E-state index contributed by atoms with van der Waals surface area (Å²) in [6.45, 7) is -0.751. The molecule has 0 spiro atoms. The Bertz CT molecular complexity index is 789. The van der Waals surface area contributed by atoms with Crippen molar-refractivity contribution in [1.82, 2.24) is 4.98 Å². The summed E-state index contributed by atoms with van der Waals surface area (Å²) in [5.41, 5.74) is -0.470. The number of nitrogens with zero attached hydrogens (tertiary/aromatic N) is 1. The zero-order valence-electron chi connectivity index (χ0n) is 12.9. The lowest BCUT2D eigenvalue weighted by molar-refractivity contribution is -0.139. The first-order chi connectivity index (χ1) is 11.9. The Labute approximate surface area is 144 Å². The van der Waals surface area contributed by atoms with E-state index < -0.39 is 41.7 Å². The highest BCUT2D eigenvalue weighted by atomic mass is 32.1. The van der Waals surface area contributed by atoms with Crippen LogP contribution in [0.5, 0.6) is 0 Å². The Hall–Kier alpha value is -2.88. The first-order valence-corrected chi connectivity index (χ1v) is 7.71. The third kappa shape index (κ3) is 5.05. The van der Waals surface area contributed by atoms with Crippen LogP contribution in [0.2, 0.25) is 0 Å². The molecule has 1 amide bonds. The second-order valence-corrected chi connectivity index (χ2v) is 5.48. The van der Waals surface area contributed by atoms with Crippen molar-refractivity contribution < 1.29 is 32.6 Å². The number of rotatable bonds is 6.